The van der Waals surface area contributed by atoms with Gasteiger partial charge in [-0.25, -0.2) is 0 Å². The Bertz CT molecular complexity index is 593. The van der Waals surface area contributed by atoms with E-state index < -0.39 is 16.0 Å². The van der Waals surface area contributed by atoms with Gasteiger partial charge in [-0.3, -0.25) is 0 Å². The van der Waals surface area contributed by atoms with Crippen LogP contribution in [0.25, 0.3) is 10.1 Å². The summed E-state index contributed by atoms with van der Waals surface area (Å²) in [5.74, 6) is 0.160. The highest BCUT2D eigenvalue weighted by Crippen LogP contribution is 2.55. The number of benzene rings is 1. The van der Waals surface area contributed by atoms with Crippen LogP contribution < -0.4 is 0 Å². The van der Waals surface area contributed by atoms with Crippen LogP contribution in [0.4, 0.5) is 13.2 Å². The molecule has 0 radical (unpaired) electrons. The SMILES string of the molecule is FC(F)(F)[s+]1c(C2CCC2)cc2ccccc21.[C-]#N. The zero-order valence-corrected chi connectivity index (χ0v) is 10.9. The zero-order valence-electron chi connectivity index (χ0n) is 10.1. The minimum absolute atomic E-state index is 0.160. The van der Waals surface area contributed by atoms with Crippen molar-refractivity contribution in [2.24, 2.45) is 0 Å². The molecule has 0 saturated heterocycles. The highest BCUT2D eigenvalue weighted by molar-refractivity contribution is 7.38. The first-order valence-electron chi connectivity index (χ1n) is 5.91. The lowest BCUT2D eigenvalue weighted by molar-refractivity contribution is -0.0868. The van der Waals surface area contributed by atoms with Crippen molar-refractivity contribution in [1.82, 2.24) is 0 Å². The van der Waals surface area contributed by atoms with Crippen molar-refractivity contribution in [2.45, 2.75) is 30.7 Å². The predicted octanol–water partition coefficient (Wildman–Crippen LogP) is 5.43. The van der Waals surface area contributed by atoms with Gasteiger partial charge in [0.1, 0.15) is 0 Å². The first-order chi connectivity index (χ1) is 9.07. The smallest absolute Gasteiger partial charge is 0.512 e. The molecule has 0 amide bonds. The second kappa shape index (κ2) is 5.22. The zero-order chi connectivity index (χ0) is 14.0. The maximum absolute atomic E-state index is 13.2. The molecular formula is C14H12F3NS. The molecule has 100 valence electrons. The molecular weight excluding hydrogens is 271 g/mol. The van der Waals surface area contributed by atoms with E-state index in [1.807, 2.05) is 0 Å². The van der Waals surface area contributed by atoms with E-state index in [0.29, 0.717) is 9.58 Å². The normalized spacial score (nSPS) is 16.6. The number of hydrogen-bond donors (Lipinski definition) is 0. The fourth-order valence-corrected chi connectivity index (χ4v) is 4.52. The summed E-state index contributed by atoms with van der Waals surface area (Å²) < 4.78 is 40.0. The van der Waals surface area contributed by atoms with E-state index in [1.165, 1.54) is 0 Å². The third-order valence-electron chi connectivity index (χ3n) is 3.41. The third kappa shape index (κ3) is 2.45. The highest BCUT2D eigenvalue weighted by atomic mass is 32.2. The molecule has 1 aromatic heterocycles. The summed E-state index contributed by atoms with van der Waals surface area (Å²) in [6.07, 6.45) is 2.90. The van der Waals surface area contributed by atoms with Crippen molar-refractivity contribution >= 4 is 20.6 Å². The molecule has 1 fully saturated rings. The summed E-state index contributed by atoms with van der Waals surface area (Å²) in [6, 6.07) is 8.68. The van der Waals surface area contributed by atoms with Crippen LogP contribution in [0.3, 0.4) is 0 Å². The predicted molar refractivity (Wildman–Crippen MR) is 69.3 cm³/mol. The van der Waals surface area contributed by atoms with Gasteiger partial charge < -0.3 is 11.8 Å². The van der Waals surface area contributed by atoms with Gasteiger partial charge in [0.15, 0.2) is 9.58 Å². The lowest BCUT2D eigenvalue weighted by atomic mass is 9.84. The molecule has 0 spiro atoms. The van der Waals surface area contributed by atoms with Crippen LogP contribution in [0.15, 0.2) is 30.3 Å². The van der Waals surface area contributed by atoms with E-state index in [2.05, 4.69) is 0 Å². The third-order valence-corrected chi connectivity index (χ3v) is 5.61. The van der Waals surface area contributed by atoms with E-state index in [0.717, 1.165) is 24.6 Å². The monoisotopic (exact) mass is 283 g/mol. The number of halogens is 3. The van der Waals surface area contributed by atoms with Crippen molar-refractivity contribution in [3.63, 3.8) is 0 Å². The summed E-state index contributed by atoms with van der Waals surface area (Å²) in [6.45, 7) is 4.75. The maximum Gasteiger partial charge on any atom is 0.600 e. The lowest BCUT2D eigenvalue weighted by Crippen LogP contribution is -2.10. The van der Waals surface area contributed by atoms with Gasteiger partial charge in [-0.1, -0.05) is 18.6 Å². The highest BCUT2D eigenvalue weighted by Gasteiger charge is 2.49. The fourth-order valence-electron chi connectivity index (χ4n) is 2.36. The minimum Gasteiger partial charge on any atom is -0.512 e. The van der Waals surface area contributed by atoms with Gasteiger partial charge in [0.2, 0.25) is 0 Å². The molecule has 0 N–H and O–H groups in total. The van der Waals surface area contributed by atoms with Crippen LogP contribution in [0, 0.1) is 11.8 Å². The molecule has 19 heavy (non-hydrogen) atoms. The molecule has 1 unspecified atom stereocenters. The molecule has 1 aliphatic rings. The molecule has 3 rings (SSSR count). The fraction of sp³-hybridized carbons (Fsp3) is 0.357. The Morgan fingerprint density at radius 2 is 1.79 bits per heavy atom. The molecule has 1 atom stereocenters. The standard InChI is InChI=1S/C13H12F3S.CN/c14-13(15,16)17-11-7-2-1-4-10(11)8-12(17)9-5-3-6-9;1-2/h1-2,4,7-9H,3,5-6H2;/q+1;-1. The topological polar surface area (TPSA) is 23.8 Å². The number of rotatable bonds is 1. The lowest BCUT2D eigenvalue weighted by Gasteiger charge is -2.21. The van der Waals surface area contributed by atoms with Crippen molar-refractivity contribution in [3.05, 3.63) is 41.8 Å². The number of alkyl halides is 3. The Kier molecular flexibility index (Phi) is 3.81. The van der Waals surface area contributed by atoms with Crippen molar-refractivity contribution in [3.8, 4) is 0 Å². The maximum atomic E-state index is 13.2. The largest absolute Gasteiger partial charge is 0.600 e. The number of hydrogen-bond acceptors (Lipinski definition) is 1. The van der Waals surface area contributed by atoms with E-state index >= 15 is 0 Å². The molecule has 1 saturated carbocycles. The van der Waals surface area contributed by atoms with Gasteiger partial charge in [0.25, 0.3) is 0 Å². The number of nitrogens with zero attached hydrogens (tertiary/aromatic N) is 1. The Balaban J connectivity index is 0.000000637. The molecule has 2 aromatic rings. The Labute approximate surface area is 112 Å². The van der Waals surface area contributed by atoms with Crippen molar-refractivity contribution in [1.29, 1.82) is 5.26 Å². The van der Waals surface area contributed by atoms with Crippen LogP contribution in [0.2, 0.25) is 0 Å². The van der Waals surface area contributed by atoms with Crippen LogP contribution in [-0.2, 0) is 5.51 Å². The van der Waals surface area contributed by atoms with Gasteiger partial charge in [0.05, 0.1) is 10.5 Å². The summed E-state index contributed by atoms with van der Waals surface area (Å²) in [5, 5.41) is 7.01. The number of thiophene rings is 1. The van der Waals surface area contributed by atoms with E-state index in [-0.39, 0.29) is 5.92 Å². The second-order valence-electron chi connectivity index (χ2n) is 4.46. The summed E-state index contributed by atoms with van der Waals surface area (Å²) in [7, 11) is -1.67. The first kappa shape index (κ1) is 13.9. The molecule has 1 nitrogen and oxygen atoms in total. The number of fused-ring (bicyclic) bond motifs is 1. The molecule has 1 heterocycles. The van der Waals surface area contributed by atoms with Gasteiger partial charge in [-0.15, -0.1) is 13.2 Å². The molecule has 1 aliphatic carbocycles. The van der Waals surface area contributed by atoms with E-state index in [1.54, 1.807) is 30.3 Å². The average molecular weight is 283 g/mol. The summed E-state index contributed by atoms with van der Waals surface area (Å²) in [4.78, 5) is 0.616. The Morgan fingerprint density at radius 3 is 2.32 bits per heavy atom. The van der Waals surface area contributed by atoms with Crippen LogP contribution >= 0.6 is 10.5 Å². The molecule has 1 aromatic carbocycles. The van der Waals surface area contributed by atoms with Crippen LogP contribution in [0.1, 0.15) is 30.1 Å². The van der Waals surface area contributed by atoms with E-state index in [4.69, 9.17) is 11.8 Å². The summed E-state index contributed by atoms with van der Waals surface area (Å²) in [5.41, 5.74) is -4.13. The quantitative estimate of drug-likeness (QED) is 0.505. The second-order valence-corrected chi connectivity index (χ2v) is 6.45. The van der Waals surface area contributed by atoms with E-state index in [9.17, 15) is 13.2 Å². The summed E-state index contributed by atoms with van der Waals surface area (Å²) >= 11 is 0. The molecule has 0 bridgehead atoms. The van der Waals surface area contributed by atoms with Gasteiger partial charge in [-0.2, -0.15) is 0 Å². The van der Waals surface area contributed by atoms with Gasteiger partial charge in [-0.05, 0) is 25.0 Å². The van der Waals surface area contributed by atoms with Crippen molar-refractivity contribution in [2.75, 3.05) is 0 Å². The van der Waals surface area contributed by atoms with Gasteiger partial charge >= 0.3 is 5.51 Å². The van der Waals surface area contributed by atoms with Crippen molar-refractivity contribution < 1.29 is 13.2 Å². The molecule has 0 aliphatic heterocycles. The Morgan fingerprint density at radius 1 is 1.16 bits per heavy atom. The average Bonchev–Trinajstić information content (AvgIpc) is 2.67. The first-order valence-corrected chi connectivity index (χ1v) is 7.14. The van der Waals surface area contributed by atoms with Crippen LogP contribution in [-0.4, -0.2) is 0 Å². The molecule has 5 heteroatoms. The van der Waals surface area contributed by atoms with Crippen LogP contribution in [0.5, 0.6) is 0 Å². The van der Waals surface area contributed by atoms with Gasteiger partial charge in [0, 0.05) is 17.4 Å². The Hall–Kier alpha value is -1.54. The minimum atomic E-state index is -4.13.